The number of aromatic amines is 1. The number of nitrogens with one attached hydrogen (secondary N) is 3. The Hall–Kier alpha value is -2.24. The fourth-order valence-corrected chi connectivity index (χ4v) is 2.71. The molecule has 0 aliphatic carbocycles. The van der Waals surface area contributed by atoms with E-state index in [4.69, 9.17) is 0 Å². The molecule has 0 bridgehead atoms. The summed E-state index contributed by atoms with van der Waals surface area (Å²) in [5, 5.41) is 6.89. The van der Waals surface area contributed by atoms with Crippen LogP contribution in [0.1, 0.15) is 17.9 Å². The number of hydrogen-bond donors (Lipinski definition) is 3. The number of H-pyrrole nitrogens is 1. The number of alkyl halides is 2. The summed E-state index contributed by atoms with van der Waals surface area (Å²) in [6.45, 7) is -1.96. The van der Waals surface area contributed by atoms with Crippen molar-refractivity contribution in [1.29, 1.82) is 0 Å². The summed E-state index contributed by atoms with van der Waals surface area (Å²) in [5.41, 5.74) is 1.86. The van der Waals surface area contributed by atoms with Gasteiger partial charge in [0.15, 0.2) is 5.96 Å². The Kier molecular flexibility index (Phi) is 7.51. The lowest BCUT2D eigenvalue weighted by atomic mass is 10.1. The largest absolute Gasteiger partial charge is 0.361 e. The highest BCUT2D eigenvalue weighted by Crippen LogP contribution is 2.19. The van der Waals surface area contributed by atoms with Crippen molar-refractivity contribution in [3.05, 3.63) is 54.0 Å². The van der Waals surface area contributed by atoms with Crippen LogP contribution in [0.15, 0.2) is 41.8 Å². The number of benzene rings is 1. The Bertz CT molecular complexity index is 905. The molecule has 0 aliphatic heterocycles. The summed E-state index contributed by atoms with van der Waals surface area (Å²) in [6, 6.07) is 4.61. The molecule has 0 atom stereocenters. The zero-order valence-electron chi connectivity index (χ0n) is 14.5. The Morgan fingerprint density at radius 3 is 2.89 bits per heavy atom. The fraction of sp³-hybridized carbons (Fsp3) is 0.294. The van der Waals surface area contributed by atoms with Crippen LogP contribution in [0.3, 0.4) is 0 Å². The normalized spacial score (nSPS) is 11.7. The van der Waals surface area contributed by atoms with Gasteiger partial charge in [-0.3, -0.25) is 9.56 Å². The highest BCUT2D eigenvalue weighted by atomic mass is 127. The van der Waals surface area contributed by atoms with Gasteiger partial charge in [-0.2, -0.15) is 8.78 Å². The Morgan fingerprint density at radius 1 is 1.33 bits per heavy atom. The van der Waals surface area contributed by atoms with Crippen LogP contribution in [-0.4, -0.2) is 34.1 Å². The molecule has 6 nitrogen and oxygen atoms in total. The van der Waals surface area contributed by atoms with E-state index in [0.717, 1.165) is 21.0 Å². The van der Waals surface area contributed by atoms with Gasteiger partial charge in [-0.05, 0) is 30.2 Å². The molecule has 0 radical (unpaired) electrons. The van der Waals surface area contributed by atoms with Crippen molar-refractivity contribution >= 4 is 40.8 Å². The molecule has 3 N–H and O–H groups in total. The van der Waals surface area contributed by atoms with Crippen LogP contribution in [0.4, 0.5) is 13.2 Å². The standard InChI is InChI=1S/C17H19F3N6.HI/c1-21-17(25-10-15-22-6-7-26(15)16(19)20)23-5-4-11-9-24-14-3-2-12(18)8-13(11)14;/h2-3,6-9,16,24H,4-5,10H2,1H3,(H2,21,23,25);1H. The lowest BCUT2D eigenvalue weighted by molar-refractivity contribution is 0.0668. The molecule has 0 aliphatic rings. The molecule has 0 saturated carbocycles. The molecular weight excluding hydrogens is 472 g/mol. The zero-order chi connectivity index (χ0) is 18.5. The molecule has 0 fully saturated rings. The SMILES string of the molecule is CN=C(NCCc1c[nH]c2ccc(F)cc12)NCc1nccn1C(F)F.I. The molecule has 0 spiro atoms. The maximum Gasteiger partial charge on any atom is 0.319 e. The van der Waals surface area contributed by atoms with Gasteiger partial charge in [-0.15, -0.1) is 24.0 Å². The number of aliphatic imine (C=N–C) groups is 1. The first-order valence-corrected chi connectivity index (χ1v) is 8.08. The van der Waals surface area contributed by atoms with E-state index in [-0.39, 0.29) is 42.2 Å². The van der Waals surface area contributed by atoms with Gasteiger partial charge >= 0.3 is 6.55 Å². The number of imidazole rings is 1. The molecule has 0 saturated heterocycles. The van der Waals surface area contributed by atoms with Gasteiger partial charge in [0.25, 0.3) is 0 Å². The summed E-state index contributed by atoms with van der Waals surface area (Å²) in [4.78, 5) is 11.1. The highest BCUT2D eigenvalue weighted by Gasteiger charge is 2.11. The molecular formula is C17H20F3IN6. The summed E-state index contributed by atoms with van der Waals surface area (Å²) in [6.07, 6.45) is 5.06. The van der Waals surface area contributed by atoms with Crippen molar-refractivity contribution < 1.29 is 13.2 Å². The van der Waals surface area contributed by atoms with E-state index in [1.165, 1.54) is 24.5 Å². The zero-order valence-corrected chi connectivity index (χ0v) is 16.9. The van der Waals surface area contributed by atoms with Crippen LogP contribution in [0.25, 0.3) is 10.9 Å². The minimum Gasteiger partial charge on any atom is -0.361 e. The van der Waals surface area contributed by atoms with Gasteiger partial charge in [0.2, 0.25) is 0 Å². The molecule has 0 amide bonds. The first kappa shape index (κ1) is 21.1. The number of rotatable bonds is 6. The van der Waals surface area contributed by atoms with Crippen molar-refractivity contribution in [2.45, 2.75) is 19.5 Å². The average Bonchev–Trinajstić information content (AvgIpc) is 3.25. The molecule has 3 rings (SSSR count). The van der Waals surface area contributed by atoms with Gasteiger partial charge in [0.1, 0.15) is 11.6 Å². The predicted octanol–water partition coefficient (Wildman–Crippen LogP) is 3.42. The summed E-state index contributed by atoms with van der Waals surface area (Å²) in [5.74, 6) is 0.410. The molecule has 2 aromatic heterocycles. The quantitative estimate of drug-likeness (QED) is 0.281. The Labute approximate surface area is 171 Å². The number of fused-ring (bicyclic) bond motifs is 1. The maximum atomic E-state index is 13.4. The monoisotopic (exact) mass is 492 g/mol. The third kappa shape index (κ3) is 5.15. The van der Waals surface area contributed by atoms with Gasteiger partial charge in [-0.25, -0.2) is 9.37 Å². The minimum absolute atomic E-state index is 0. The first-order chi connectivity index (χ1) is 12.6. The van der Waals surface area contributed by atoms with Crippen LogP contribution in [-0.2, 0) is 13.0 Å². The molecule has 2 heterocycles. The van der Waals surface area contributed by atoms with Gasteiger partial charge in [0, 0.05) is 43.1 Å². The second-order valence-electron chi connectivity index (χ2n) is 5.63. The fourth-order valence-electron chi connectivity index (χ4n) is 2.71. The molecule has 146 valence electrons. The third-order valence-corrected chi connectivity index (χ3v) is 4.01. The smallest absolute Gasteiger partial charge is 0.319 e. The van der Waals surface area contributed by atoms with E-state index >= 15 is 0 Å². The van der Waals surface area contributed by atoms with E-state index in [9.17, 15) is 13.2 Å². The van der Waals surface area contributed by atoms with Crippen molar-refractivity contribution in [2.75, 3.05) is 13.6 Å². The lowest BCUT2D eigenvalue weighted by Gasteiger charge is -2.12. The van der Waals surface area contributed by atoms with E-state index in [0.29, 0.717) is 18.9 Å². The predicted molar refractivity (Wildman–Crippen MR) is 109 cm³/mol. The number of hydrogen-bond acceptors (Lipinski definition) is 2. The Morgan fingerprint density at radius 2 is 2.15 bits per heavy atom. The summed E-state index contributed by atoms with van der Waals surface area (Å²) < 4.78 is 39.8. The van der Waals surface area contributed by atoms with Crippen LogP contribution in [0.5, 0.6) is 0 Å². The highest BCUT2D eigenvalue weighted by molar-refractivity contribution is 14.0. The lowest BCUT2D eigenvalue weighted by Crippen LogP contribution is -2.38. The van der Waals surface area contributed by atoms with Gasteiger partial charge < -0.3 is 15.6 Å². The third-order valence-electron chi connectivity index (χ3n) is 4.01. The average molecular weight is 492 g/mol. The molecule has 0 unspecified atom stereocenters. The van der Waals surface area contributed by atoms with Crippen molar-refractivity contribution in [2.24, 2.45) is 4.99 Å². The minimum atomic E-state index is -2.63. The van der Waals surface area contributed by atoms with Crippen LogP contribution in [0, 0.1) is 5.82 Å². The van der Waals surface area contributed by atoms with Gasteiger partial charge in [-0.1, -0.05) is 0 Å². The van der Waals surface area contributed by atoms with E-state index in [2.05, 4.69) is 25.6 Å². The van der Waals surface area contributed by atoms with Crippen LogP contribution >= 0.6 is 24.0 Å². The summed E-state index contributed by atoms with van der Waals surface area (Å²) >= 11 is 0. The molecule has 10 heteroatoms. The van der Waals surface area contributed by atoms with E-state index in [1.807, 2.05) is 6.20 Å². The first-order valence-electron chi connectivity index (χ1n) is 8.08. The number of halogens is 4. The molecule has 27 heavy (non-hydrogen) atoms. The van der Waals surface area contributed by atoms with E-state index in [1.54, 1.807) is 13.1 Å². The van der Waals surface area contributed by atoms with Crippen molar-refractivity contribution in [1.82, 2.24) is 25.2 Å². The number of guanidine groups is 1. The molecule has 1 aromatic carbocycles. The second kappa shape index (κ2) is 9.62. The Balaban J connectivity index is 0.00000261. The van der Waals surface area contributed by atoms with Crippen LogP contribution in [0.2, 0.25) is 0 Å². The number of nitrogens with zero attached hydrogens (tertiary/aromatic N) is 3. The maximum absolute atomic E-state index is 13.4. The summed E-state index contributed by atoms with van der Waals surface area (Å²) in [7, 11) is 1.59. The van der Waals surface area contributed by atoms with Crippen molar-refractivity contribution in [3.63, 3.8) is 0 Å². The topological polar surface area (TPSA) is 70.0 Å². The second-order valence-corrected chi connectivity index (χ2v) is 5.63. The van der Waals surface area contributed by atoms with Crippen molar-refractivity contribution in [3.8, 4) is 0 Å². The van der Waals surface area contributed by atoms with Gasteiger partial charge in [0.05, 0.1) is 6.54 Å². The molecule has 3 aromatic rings. The van der Waals surface area contributed by atoms with E-state index < -0.39 is 6.55 Å². The number of aromatic nitrogens is 3. The van der Waals surface area contributed by atoms with Crippen LogP contribution < -0.4 is 10.6 Å².